The number of halogens is 2. The fourth-order valence-corrected chi connectivity index (χ4v) is 1.57. The summed E-state index contributed by atoms with van der Waals surface area (Å²) >= 11 is 5.62. The van der Waals surface area contributed by atoms with Crippen LogP contribution in [0.2, 0.25) is 5.02 Å². The minimum atomic E-state index is -0.540. The summed E-state index contributed by atoms with van der Waals surface area (Å²) in [5.41, 5.74) is 0.289. The molecule has 0 aromatic heterocycles. The maximum atomic E-state index is 13.6. The van der Waals surface area contributed by atoms with E-state index in [1.165, 1.54) is 7.11 Å². The second-order valence-electron chi connectivity index (χ2n) is 3.06. The Labute approximate surface area is 92.8 Å². The summed E-state index contributed by atoms with van der Waals surface area (Å²) in [6, 6.07) is 1.14. The standard InChI is InChI=1S/C10H13ClFNO2/c1-13-4-3-6-9(12)7(11)5-8(14)10(6)15-2/h5,13-14H,3-4H2,1-2H3. The third kappa shape index (κ3) is 2.52. The maximum absolute atomic E-state index is 13.6. The number of benzene rings is 1. The first-order valence-electron chi connectivity index (χ1n) is 4.50. The van der Waals surface area contributed by atoms with Crippen molar-refractivity contribution in [2.45, 2.75) is 6.42 Å². The molecule has 0 saturated carbocycles. The van der Waals surface area contributed by atoms with Crippen molar-refractivity contribution in [3.8, 4) is 11.5 Å². The zero-order chi connectivity index (χ0) is 11.4. The second-order valence-corrected chi connectivity index (χ2v) is 3.46. The first kappa shape index (κ1) is 12.1. The molecule has 1 aromatic rings. The van der Waals surface area contributed by atoms with Gasteiger partial charge in [-0.3, -0.25) is 0 Å². The van der Waals surface area contributed by atoms with Crippen LogP contribution in [0.5, 0.6) is 11.5 Å². The van der Waals surface area contributed by atoms with Crippen molar-refractivity contribution < 1.29 is 14.2 Å². The average Bonchev–Trinajstić information content (AvgIpc) is 2.21. The number of ether oxygens (including phenoxy) is 1. The van der Waals surface area contributed by atoms with Gasteiger partial charge in [0.1, 0.15) is 5.82 Å². The van der Waals surface area contributed by atoms with Gasteiger partial charge in [0.2, 0.25) is 0 Å². The Morgan fingerprint density at radius 1 is 1.60 bits per heavy atom. The molecule has 3 nitrogen and oxygen atoms in total. The number of phenolic OH excluding ortho intramolecular Hbond substituents is 1. The molecule has 1 aromatic carbocycles. The summed E-state index contributed by atoms with van der Waals surface area (Å²) in [6.45, 7) is 0.576. The van der Waals surface area contributed by atoms with Crippen molar-refractivity contribution in [2.24, 2.45) is 0 Å². The fraction of sp³-hybridized carbons (Fsp3) is 0.400. The van der Waals surface area contributed by atoms with Gasteiger partial charge in [-0.1, -0.05) is 11.6 Å². The monoisotopic (exact) mass is 233 g/mol. The third-order valence-corrected chi connectivity index (χ3v) is 2.35. The van der Waals surface area contributed by atoms with Crippen LogP contribution in [0.25, 0.3) is 0 Å². The molecule has 2 N–H and O–H groups in total. The van der Waals surface area contributed by atoms with E-state index < -0.39 is 5.82 Å². The van der Waals surface area contributed by atoms with E-state index in [1.54, 1.807) is 7.05 Å². The Bertz CT molecular complexity index is 358. The molecule has 84 valence electrons. The van der Waals surface area contributed by atoms with Gasteiger partial charge in [-0.15, -0.1) is 0 Å². The number of hydrogen-bond donors (Lipinski definition) is 2. The minimum Gasteiger partial charge on any atom is -0.504 e. The molecule has 1 rings (SSSR count). The van der Waals surface area contributed by atoms with Gasteiger partial charge >= 0.3 is 0 Å². The topological polar surface area (TPSA) is 41.5 Å². The summed E-state index contributed by atoms with van der Waals surface area (Å²) in [5.74, 6) is -0.538. The Kier molecular flexibility index (Phi) is 4.17. The van der Waals surface area contributed by atoms with Crippen LogP contribution in [0.4, 0.5) is 4.39 Å². The first-order valence-corrected chi connectivity index (χ1v) is 4.88. The lowest BCUT2D eigenvalue weighted by atomic mass is 10.1. The molecule has 5 heteroatoms. The summed E-state index contributed by atoms with van der Waals surface area (Å²) in [4.78, 5) is 0. The normalized spacial score (nSPS) is 10.4. The molecular formula is C10H13ClFNO2. The van der Waals surface area contributed by atoms with Crippen molar-refractivity contribution in [1.82, 2.24) is 5.32 Å². The molecule has 0 fully saturated rings. The van der Waals surface area contributed by atoms with Gasteiger partial charge < -0.3 is 15.2 Å². The zero-order valence-corrected chi connectivity index (χ0v) is 9.36. The smallest absolute Gasteiger partial charge is 0.166 e. The molecule has 0 bridgehead atoms. The summed E-state index contributed by atoms with van der Waals surface area (Å²) in [6.07, 6.45) is 0.402. The van der Waals surface area contributed by atoms with E-state index in [9.17, 15) is 9.50 Å². The number of likely N-dealkylation sites (N-methyl/N-ethyl adjacent to an activating group) is 1. The highest BCUT2D eigenvalue weighted by molar-refractivity contribution is 6.31. The van der Waals surface area contributed by atoms with E-state index in [1.807, 2.05) is 0 Å². The van der Waals surface area contributed by atoms with Crippen LogP contribution in [0, 0.1) is 5.82 Å². The van der Waals surface area contributed by atoms with Gasteiger partial charge in [0.05, 0.1) is 12.1 Å². The van der Waals surface area contributed by atoms with Crippen LogP contribution in [-0.4, -0.2) is 25.8 Å². The number of phenols is 1. The van der Waals surface area contributed by atoms with Crippen LogP contribution in [0.15, 0.2) is 6.07 Å². The molecule has 0 aliphatic heterocycles. The lowest BCUT2D eigenvalue weighted by Crippen LogP contribution is -2.12. The quantitative estimate of drug-likeness (QED) is 0.835. The molecule has 0 unspecified atom stereocenters. The third-order valence-electron chi connectivity index (χ3n) is 2.07. The highest BCUT2D eigenvalue weighted by Crippen LogP contribution is 2.36. The molecule has 0 spiro atoms. The molecular weight excluding hydrogens is 221 g/mol. The fourth-order valence-electron chi connectivity index (χ4n) is 1.35. The lowest BCUT2D eigenvalue weighted by Gasteiger charge is -2.12. The number of rotatable bonds is 4. The Morgan fingerprint density at radius 2 is 2.27 bits per heavy atom. The predicted octanol–water partition coefficient (Wildman–Crippen LogP) is 1.96. The van der Waals surface area contributed by atoms with Crippen molar-refractivity contribution in [3.63, 3.8) is 0 Å². The van der Waals surface area contributed by atoms with Crippen LogP contribution < -0.4 is 10.1 Å². The van der Waals surface area contributed by atoms with Crippen LogP contribution >= 0.6 is 11.6 Å². The Balaban J connectivity index is 3.18. The second kappa shape index (κ2) is 5.19. The van der Waals surface area contributed by atoms with E-state index in [4.69, 9.17) is 16.3 Å². The van der Waals surface area contributed by atoms with Gasteiger partial charge in [-0.2, -0.15) is 0 Å². The molecule has 0 atom stereocenters. The number of hydrogen-bond acceptors (Lipinski definition) is 3. The molecule has 0 aliphatic carbocycles. The molecule has 0 amide bonds. The zero-order valence-electron chi connectivity index (χ0n) is 8.60. The van der Waals surface area contributed by atoms with Gasteiger partial charge in [0.15, 0.2) is 11.5 Å². The molecule has 15 heavy (non-hydrogen) atoms. The van der Waals surface area contributed by atoms with Crippen molar-refractivity contribution >= 4 is 11.6 Å². The molecule has 0 saturated heterocycles. The van der Waals surface area contributed by atoms with Crippen LogP contribution in [0.3, 0.4) is 0 Å². The summed E-state index contributed by atoms with van der Waals surface area (Å²) in [7, 11) is 3.14. The molecule has 0 heterocycles. The number of aromatic hydroxyl groups is 1. The summed E-state index contributed by atoms with van der Waals surface area (Å²) < 4.78 is 18.5. The van der Waals surface area contributed by atoms with Crippen molar-refractivity contribution in [1.29, 1.82) is 0 Å². The van der Waals surface area contributed by atoms with Crippen LogP contribution in [-0.2, 0) is 6.42 Å². The van der Waals surface area contributed by atoms with Gasteiger partial charge in [-0.05, 0) is 20.0 Å². The van der Waals surface area contributed by atoms with E-state index in [-0.39, 0.29) is 22.1 Å². The number of nitrogens with one attached hydrogen (secondary N) is 1. The maximum Gasteiger partial charge on any atom is 0.166 e. The largest absolute Gasteiger partial charge is 0.504 e. The van der Waals surface area contributed by atoms with Crippen LogP contribution in [0.1, 0.15) is 5.56 Å². The first-order chi connectivity index (χ1) is 7.11. The molecule has 0 aliphatic rings. The SMILES string of the molecule is CNCCc1c(F)c(Cl)cc(O)c1OC. The van der Waals surface area contributed by atoms with E-state index in [2.05, 4.69) is 5.32 Å². The van der Waals surface area contributed by atoms with E-state index >= 15 is 0 Å². The van der Waals surface area contributed by atoms with Gasteiger partial charge in [0.25, 0.3) is 0 Å². The van der Waals surface area contributed by atoms with Gasteiger partial charge in [0, 0.05) is 11.6 Å². The van der Waals surface area contributed by atoms with Crippen molar-refractivity contribution in [2.75, 3.05) is 20.7 Å². The van der Waals surface area contributed by atoms with E-state index in [0.29, 0.717) is 13.0 Å². The van der Waals surface area contributed by atoms with Crippen molar-refractivity contribution in [3.05, 3.63) is 22.5 Å². The Hall–Kier alpha value is -1.00. The minimum absolute atomic E-state index is 0.0978. The number of methoxy groups -OCH3 is 1. The van der Waals surface area contributed by atoms with E-state index in [0.717, 1.165) is 6.07 Å². The average molecular weight is 234 g/mol. The lowest BCUT2D eigenvalue weighted by molar-refractivity contribution is 0.364. The predicted molar refractivity (Wildman–Crippen MR) is 57.3 cm³/mol. The molecule has 0 radical (unpaired) electrons. The van der Waals surface area contributed by atoms with Gasteiger partial charge in [-0.25, -0.2) is 4.39 Å². The summed E-state index contributed by atoms with van der Waals surface area (Å²) in [5, 5.41) is 12.3. The highest BCUT2D eigenvalue weighted by Gasteiger charge is 2.17. The Morgan fingerprint density at radius 3 is 2.80 bits per heavy atom. The highest BCUT2D eigenvalue weighted by atomic mass is 35.5.